The Morgan fingerprint density at radius 1 is 1.44 bits per heavy atom. The van der Waals surface area contributed by atoms with Gasteiger partial charge >= 0.3 is 0 Å². The molecule has 0 saturated carbocycles. The minimum absolute atomic E-state index is 0.0722. The van der Waals surface area contributed by atoms with E-state index in [1.54, 1.807) is 6.07 Å². The summed E-state index contributed by atoms with van der Waals surface area (Å²) >= 11 is 8.47. The minimum Gasteiger partial charge on any atom is -0.279 e. The van der Waals surface area contributed by atoms with Gasteiger partial charge < -0.3 is 0 Å². The summed E-state index contributed by atoms with van der Waals surface area (Å²) in [5.74, 6) is -0.500. The van der Waals surface area contributed by atoms with Crippen LogP contribution >= 0.6 is 27.5 Å². The molecule has 16 heavy (non-hydrogen) atoms. The first-order valence-electron chi connectivity index (χ1n) is 4.47. The lowest BCUT2D eigenvalue weighted by molar-refractivity contribution is 0.597. The fourth-order valence-electron chi connectivity index (χ4n) is 1.05. The lowest BCUT2D eigenvalue weighted by Crippen LogP contribution is -2.18. The van der Waals surface area contributed by atoms with Crippen molar-refractivity contribution in [3.8, 4) is 0 Å². The van der Waals surface area contributed by atoms with Crippen LogP contribution in [-0.4, -0.2) is 20.1 Å². The maximum absolute atomic E-state index is 13.3. The van der Waals surface area contributed by atoms with Gasteiger partial charge in [-0.2, -0.15) is 0 Å². The molecular weight excluding hydrogens is 321 g/mol. The molecule has 0 heterocycles. The Morgan fingerprint density at radius 2 is 2.12 bits per heavy atom. The van der Waals surface area contributed by atoms with Crippen LogP contribution in [0.15, 0.2) is 22.7 Å². The van der Waals surface area contributed by atoms with Gasteiger partial charge in [-0.05, 0) is 34.5 Å². The smallest absolute Gasteiger partial charge is 0.232 e. The Balaban J connectivity index is 2.88. The third-order valence-corrected chi connectivity index (χ3v) is 4.04. The van der Waals surface area contributed by atoms with Crippen molar-refractivity contribution in [2.45, 2.75) is 6.42 Å². The predicted molar refractivity (Wildman–Crippen MR) is 66.8 cm³/mol. The molecule has 0 atom stereocenters. The van der Waals surface area contributed by atoms with E-state index < -0.39 is 15.8 Å². The van der Waals surface area contributed by atoms with E-state index >= 15 is 0 Å². The van der Waals surface area contributed by atoms with Crippen molar-refractivity contribution < 1.29 is 12.8 Å². The van der Waals surface area contributed by atoms with Crippen molar-refractivity contribution in [3.63, 3.8) is 0 Å². The van der Waals surface area contributed by atoms with Crippen LogP contribution in [-0.2, 0) is 10.0 Å². The molecule has 0 aliphatic heterocycles. The SMILES string of the molecule is O=S(=O)(CCCCl)Nc1c(F)cccc1Br. The number of rotatable bonds is 5. The van der Waals surface area contributed by atoms with Crippen LogP contribution in [0.3, 0.4) is 0 Å². The topological polar surface area (TPSA) is 46.2 Å². The van der Waals surface area contributed by atoms with Gasteiger partial charge in [0.2, 0.25) is 10.0 Å². The van der Waals surface area contributed by atoms with Gasteiger partial charge in [-0.3, -0.25) is 4.72 Å². The van der Waals surface area contributed by atoms with Gasteiger partial charge in [-0.15, -0.1) is 11.6 Å². The normalized spacial score (nSPS) is 11.4. The number of halogens is 3. The third kappa shape index (κ3) is 3.92. The number of benzene rings is 1. The largest absolute Gasteiger partial charge is 0.279 e. The zero-order chi connectivity index (χ0) is 12.2. The highest BCUT2D eigenvalue weighted by Gasteiger charge is 2.14. The first kappa shape index (κ1) is 13.7. The number of anilines is 1. The Labute approximate surface area is 107 Å². The van der Waals surface area contributed by atoms with E-state index in [9.17, 15) is 12.8 Å². The van der Waals surface area contributed by atoms with Crippen LogP contribution in [0.1, 0.15) is 6.42 Å². The zero-order valence-electron chi connectivity index (χ0n) is 8.21. The Hall–Kier alpha value is -0.330. The lowest BCUT2D eigenvalue weighted by atomic mass is 10.3. The van der Waals surface area contributed by atoms with Crippen molar-refractivity contribution in [1.29, 1.82) is 0 Å². The van der Waals surface area contributed by atoms with Crippen molar-refractivity contribution in [1.82, 2.24) is 0 Å². The number of nitrogens with one attached hydrogen (secondary N) is 1. The highest BCUT2D eigenvalue weighted by molar-refractivity contribution is 9.10. The standard InChI is InChI=1S/C9H10BrClFNO2S/c10-7-3-1-4-8(12)9(7)13-16(14,15)6-2-5-11/h1,3-4,13H,2,5-6H2. The van der Waals surface area contributed by atoms with E-state index in [0.717, 1.165) is 0 Å². The van der Waals surface area contributed by atoms with Crippen LogP contribution in [0.2, 0.25) is 0 Å². The quantitative estimate of drug-likeness (QED) is 0.844. The molecule has 0 bridgehead atoms. The second kappa shape index (κ2) is 5.84. The number of hydrogen-bond acceptors (Lipinski definition) is 2. The summed E-state index contributed by atoms with van der Waals surface area (Å²) in [4.78, 5) is 0. The molecule has 0 aliphatic rings. The van der Waals surface area contributed by atoms with Crippen LogP contribution in [0.25, 0.3) is 0 Å². The average molecular weight is 331 g/mol. The molecule has 7 heteroatoms. The second-order valence-corrected chi connectivity index (χ2v) is 6.13. The van der Waals surface area contributed by atoms with Crippen LogP contribution in [0.5, 0.6) is 0 Å². The van der Waals surface area contributed by atoms with Crippen LogP contribution < -0.4 is 4.72 Å². The number of hydrogen-bond donors (Lipinski definition) is 1. The molecule has 0 unspecified atom stereocenters. The molecule has 90 valence electrons. The molecule has 0 aliphatic carbocycles. The highest BCUT2D eigenvalue weighted by Crippen LogP contribution is 2.26. The van der Waals surface area contributed by atoms with Gasteiger partial charge in [-0.25, -0.2) is 12.8 Å². The minimum atomic E-state index is -3.55. The molecule has 1 aromatic rings. The third-order valence-electron chi connectivity index (χ3n) is 1.77. The fourth-order valence-corrected chi connectivity index (χ4v) is 3.06. The summed E-state index contributed by atoms with van der Waals surface area (Å²) in [5.41, 5.74) is -0.0722. The van der Waals surface area contributed by atoms with E-state index in [4.69, 9.17) is 11.6 Å². The molecule has 1 aromatic carbocycles. The van der Waals surface area contributed by atoms with Gasteiger partial charge in [0.15, 0.2) is 0 Å². The van der Waals surface area contributed by atoms with Crippen LogP contribution in [0, 0.1) is 5.82 Å². The number of sulfonamides is 1. The van der Waals surface area contributed by atoms with Crippen molar-refractivity contribution in [2.75, 3.05) is 16.4 Å². The number of para-hydroxylation sites is 1. The molecule has 0 amide bonds. The molecule has 0 fully saturated rings. The first-order valence-corrected chi connectivity index (χ1v) is 7.45. The summed E-state index contributed by atoms with van der Waals surface area (Å²) in [6.45, 7) is 0. The maximum atomic E-state index is 13.3. The molecule has 1 N–H and O–H groups in total. The first-order chi connectivity index (χ1) is 7.46. The van der Waals surface area contributed by atoms with E-state index in [2.05, 4.69) is 20.7 Å². The molecule has 3 nitrogen and oxygen atoms in total. The zero-order valence-corrected chi connectivity index (χ0v) is 11.4. The highest BCUT2D eigenvalue weighted by atomic mass is 79.9. The number of alkyl halides is 1. The van der Waals surface area contributed by atoms with E-state index in [-0.39, 0.29) is 17.3 Å². The van der Waals surface area contributed by atoms with E-state index in [0.29, 0.717) is 10.9 Å². The molecular formula is C9H10BrClFNO2S. The summed E-state index contributed by atoms with van der Waals surface area (Å²) < 4.78 is 38.9. The van der Waals surface area contributed by atoms with E-state index in [1.807, 2.05) is 0 Å². The Bertz CT molecular complexity index is 446. The average Bonchev–Trinajstić information content (AvgIpc) is 2.21. The molecule has 1 rings (SSSR count). The monoisotopic (exact) mass is 329 g/mol. The summed E-state index contributed by atoms with van der Waals surface area (Å²) in [6.07, 6.45) is 0.322. The van der Waals surface area contributed by atoms with Gasteiger partial charge in [-0.1, -0.05) is 6.07 Å². The van der Waals surface area contributed by atoms with Gasteiger partial charge in [0.1, 0.15) is 5.82 Å². The van der Waals surface area contributed by atoms with Gasteiger partial charge in [0.05, 0.1) is 11.4 Å². The van der Waals surface area contributed by atoms with Crippen molar-refractivity contribution in [2.24, 2.45) is 0 Å². The molecule has 0 aromatic heterocycles. The van der Waals surface area contributed by atoms with Gasteiger partial charge in [0.25, 0.3) is 0 Å². The van der Waals surface area contributed by atoms with Crippen molar-refractivity contribution in [3.05, 3.63) is 28.5 Å². The van der Waals surface area contributed by atoms with Gasteiger partial charge in [0, 0.05) is 10.4 Å². The predicted octanol–water partition coefficient (Wildman–Crippen LogP) is 2.96. The van der Waals surface area contributed by atoms with E-state index in [1.165, 1.54) is 12.1 Å². The summed E-state index contributed by atoms with van der Waals surface area (Å²) in [7, 11) is -3.55. The maximum Gasteiger partial charge on any atom is 0.232 e. The lowest BCUT2D eigenvalue weighted by Gasteiger charge is -2.09. The van der Waals surface area contributed by atoms with Crippen molar-refractivity contribution >= 4 is 43.2 Å². The molecule has 0 radical (unpaired) electrons. The molecule has 0 saturated heterocycles. The Morgan fingerprint density at radius 3 is 2.69 bits per heavy atom. The summed E-state index contributed by atoms with van der Waals surface area (Å²) in [5, 5.41) is 0. The van der Waals surface area contributed by atoms with Crippen LogP contribution in [0.4, 0.5) is 10.1 Å². The Kier molecular flexibility index (Phi) is 5.01. The second-order valence-electron chi connectivity index (χ2n) is 3.06. The summed E-state index contributed by atoms with van der Waals surface area (Å²) in [6, 6.07) is 4.22. The molecule has 0 spiro atoms. The fraction of sp³-hybridized carbons (Fsp3) is 0.333.